The Morgan fingerprint density at radius 1 is 1.27 bits per heavy atom. The lowest BCUT2D eigenvalue weighted by atomic mass is 9.85. The van der Waals surface area contributed by atoms with Crippen LogP contribution in [-0.2, 0) is 4.74 Å². The smallest absolute Gasteiger partial charge is 0.136 e. The number of nitrogens with one attached hydrogen (secondary N) is 1. The van der Waals surface area contributed by atoms with E-state index in [9.17, 15) is 5.11 Å². The van der Waals surface area contributed by atoms with Crippen LogP contribution < -0.4 is 5.32 Å². The molecule has 0 spiro atoms. The molecule has 2 heterocycles. The highest BCUT2D eigenvalue weighted by Crippen LogP contribution is 2.43. The van der Waals surface area contributed by atoms with Crippen LogP contribution in [0, 0.1) is 5.92 Å². The number of phenols is 1. The number of hydrogen-bond donors (Lipinski definition) is 2. The zero-order chi connectivity index (χ0) is 15.5. The van der Waals surface area contributed by atoms with Gasteiger partial charge < -0.3 is 15.2 Å². The second kappa shape index (κ2) is 7.49. The summed E-state index contributed by atoms with van der Waals surface area (Å²) in [5, 5.41) is 14.6. The molecule has 0 aromatic heterocycles. The first-order valence-corrected chi connectivity index (χ1v) is 9.05. The molecule has 2 saturated heterocycles. The molecule has 0 saturated carbocycles. The standard InChI is InChI=1S/C16H22BrClN2O2/c17-14-13(18)2-1-12(16(14)21)15(11-3-9-22-10-4-11)20-7-5-19-6-8-20/h1-2,11,15,19,21H,3-10H2/t15-/m0/s1. The van der Waals surface area contributed by atoms with Gasteiger partial charge in [-0.3, -0.25) is 4.90 Å². The maximum Gasteiger partial charge on any atom is 0.136 e. The van der Waals surface area contributed by atoms with Crippen LogP contribution in [0.4, 0.5) is 0 Å². The van der Waals surface area contributed by atoms with E-state index >= 15 is 0 Å². The zero-order valence-corrected chi connectivity index (χ0v) is 14.9. The lowest BCUT2D eigenvalue weighted by molar-refractivity contribution is 0.0206. The summed E-state index contributed by atoms with van der Waals surface area (Å²) in [5.41, 5.74) is 0.977. The number of hydrogen-bond acceptors (Lipinski definition) is 4. The number of piperazine rings is 1. The van der Waals surface area contributed by atoms with Crippen molar-refractivity contribution in [2.24, 2.45) is 5.92 Å². The summed E-state index contributed by atoms with van der Waals surface area (Å²) >= 11 is 9.52. The first-order chi connectivity index (χ1) is 10.7. The zero-order valence-electron chi connectivity index (χ0n) is 12.5. The van der Waals surface area contributed by atoms with Crippen molar-refractivity contribution in [1.82, 2.24) is 10.2 Å². The van der Waals surface area contributed by atoms with Crippen molar-refractivity contribution in [3.63, 3.8) is 0 Å². The minimum Gasteiger partial charge on any atom is -0.506 e. The van der Waals surface area contributed by atoms with Gasteiger partial charge in [-0.25, -0.2) is 0 Å². The maximum atomic E-state index is 10.6. The second-order valence-corrected chi connectivity index (χ2v) is 7.18. The van der Waals surface area contributed by atoms with Gasteiger partial charge in [-0.15, -0.1) is 0 Å². The SMILES string of the molecule is Oc1c([C@H](C2CCOCC2)N2CCNCC2)ccc(Cl)c1Br. The predicted molar refractivity (Wildman–Crippen MR) is 91.5 cm³/mol. The van der Waals surface area contributed by atoms with Crippen molar-refractivity contribution in [2.75, 3.05) is 39.4 Å². The molecule has 2 fully saturated rings. The molecular weight excluding hydrogens is 368 g/mol. The van der Waals surface area contributed by atoms with Gasteiger partial charge in [0.15, 0.2) is 0 Å². The molecular formula is C16H22BrClN2O2. The number of nitrogens with zero attached hydrogens (tertiary/aromatic N) is 1. The average Bonchev–Trinajstić information content (AvgIpc) is 2.57. The molecule has 122 valence electrons. The van der Waals surface area contributed by atoms with E-state index < -0.39 is 0 Å². The first kappa shape index (κ1) is 16.5. The van der Waals surface area contributed by atoms with Crippen LogP contribution >= 0.6 is 27.5 Å². The molecule has 0 radical (unpaired) electrons. The van der Waals surface area contributed by atoms with Gasteiger partial charge in [0.25, 0.3) is 0 Å². The molecule has 1 aromatic carbocycles. The number of phenolic OH excluding ortho intramolecular Hbond substituents is 1. The number of rotatable bonds is 3. The quantitative estimate of drug-likeness (QED) is 0.833. The van der Waals surface area contributed by atoms with Gasteiger partial charge in [0, 0.05) is 51.0 Å². The lowest BCUT2D eigenvalue weighted by Gasteiger charge is -2.41. The third-order valence-electron chi connectivity index (χ3n) is 4.68. The Bertz CT molecular complexity index is 499. The van der Waals surface area contributed by atoms with Crippen LogP contribution in [0.1, 0.15) is 24.4 Å². The highest BCUT2D eigenvalue weighted by atomic mass is 79.9. The molecule has 1 aromatic rings. The Kier molecular flexibility index (Phi) is 5.63. The Morgan fingerprint density at radius 3 is 2.64 bits per heavy atom. The third-order valence-corrected chi connectivity index (χ3v) is 6.02. The Balaban J connectivity index is 1.94. The van der Waals surface area contributed by atoms with Gasteiger partial charge in [-0.05, 0) is 40.8 Å². The van der Waals surface area contributed by atoms with E-state index in [1.54, 1.807) is 0 Å². The summed E-state index contributed by atoms with van der Waals surface area (Å²) in [7, 11) is 0. The molecule has 0 unspecified atom stereocenters. The van der Waals surface area contributed by atoms with Crippen molar-refractivity contribution < 1.29 is 9.84 Å². The number of halogens is 2. The van der Waals surface area contributed by atoms with E-state index in [1.807, 2.05) is 12.1 Å². The fourth-order valence-corrected chi connectivity index (χ4v) is 4.05. The van der Waals surface area contributed by atoms with E-state index in [-0.39, 0.29) is 11.8 Å². The van der Waals surface area contributed by atoms with Gasteiger partial charge >= 0.3 is 0 Å². The van der Waals surface area contributed by atoms with Gasteiger partial charge in [-0.2, -0.15) is 0 Å². The van der Waals surface area contributed by atoms with Crippen LogP contribution in [0.3, 0.4) is 0 Å². The normalized spacial score (nSPS) is 22.6. The summed E-state index contributed by atoms with van der Waals surface area (Å²) in [6, 6.07) is 4.07. The maximum absolute atomic E-state index is 10.6. The second-order valence-electron chi connectivity index (χ2n) is 5.98. The summed E-state index contributed by atoms with van der Waals surface area (Å²) in [6.07, 6.45) is 2.07. The van der Waals surface area contributed by atoms with Crippen molar-refractivity contribution >= 4 is 27.5 Å². The van der Waals surface area contributed by atoms with E-state index in [0.717, 1.165) is 57.8 Å². The fourth-order valence-electron chi connectivity index (χ4n) is 3.53. The largest absolute Gasteiger partial charge is 0.506 e. The van der Waals surface area contributed by atoms with Gasteiger partial charge in [0.05, 0.1) is 9.50 Å². The summed E-state index contributed by atoms with van der Waals surface area (Å²) < 4.78 is 6.12. The van der Waals surface area contributed by atoms with Crippen molar-refractivity contribution in [1.29, 1.82) is 0 Å². The molecule has 6 heteroatoms. The highest BCUT2D eigenvalue weighted by Gasteiger charge is 2.33. The van der Waals surface area contributed by atoms with Gasteiger partial charge in [0.1, 0.15) is 5.75 Å². The molecule has 22 heavy (non-hydrogen) atoms. The van der Waals surface area contributed by atoms with E-state index in [0.29, 0.717) is 15.4 Å². The highest BCUT2D eigenvalue weighted by molar-refractivity contribution is 9.10. The fraction of sp³-hybridized carbons (Fsp3) is 0.625. The minimum absolute atomic E-state index is 0.222. The Labute approximate surface area is 144 Å². The molecule has 0 aliphatic carbocycles. The van der Waals surface area contributed by atoms with Crippen LogP contribution in [-0.4, -0.2) is 49.4 Å². The number of aromatic hydroxyl groups is 1. The molecule has 0 amide bonds. The molecule has 2 N–H and O–H groups in total. The first-order valence-electron chi connectivity index (χ1n) is 7.88. The molecule has 2 aliphatic heterocycles. The van der Waals surface area contributed by atoms with Gasteiger partial charge in [0.2, 0.25) is 0 Å². The third kappa shape index (κ3) is 3.44. The summed E-state index contributed by atoms with van der Waals surface area (Å²) in [6.45, 7) is 5.61. The van der Waals surface area contributed by atoms with Crippen LogP contribution in [0.2, 0.25) is 5.02 Å². The molecule has 3 rings (SSSR count). The van der Waals surface area contributed by atoms with Crippen molar-refractivity contribution in [2.45, 2.75) is 18.9 Å². The Morgan fingerprint density at radius 2 is 1.95 bits per heavy atom. The predicted octanol–water partition coefficient (Wildman–Crippen LogP) is 3.18. The average molecular weight is 390 g/mol. The van der Waals surface area contributed by atoms with Crippen molar-refractivity contribution in [3.05, 3.63) is 27.2 Å². The topological polar surface area (TPSA) is 44.7 Å². The monoisotopic (exact) mass is 388 g/mol. The van der Waals surface area contributed by atoms with E-state index in [4.69, 9.17) is 16.3 Å². The van der Waals surface area contributed by atoms with E-state index in [2.05, 4.69) is 26.1 Å². The summed E-state index contributed by atoms with van der Waals surface area (Å²) in [4.78, 5) is 2.49. The number of benzene rings is 1. The molecule has 1 atom stereocenters. The molecule has 2 aliphatic rings. The van der Waals surface area contributed by atoms with E-state index in [1.165, 1.54) is 0 Å². The lowest BCUT2D eigenvalue weighted by Crippen LogP contribution is -2.47. The van der Waals surface area contributed by atoms with Crippen LogP contribution in [0.25, 0.3) is 0 Å². The number of ether oxygens (including phenoxy) is 1. The van der Waals surface area contributed by atoms with Gasteiger partial charge in [-0.1, -0.05) is 17.7 Å². The van der Waals surface area contributed by atoms with Crippen molar-refractivity contribution in [3.8, 4) is 5.75 Å². The molecule has 4 nitrogen and oxygen atoms in total. The summed E-state index contributed by atoms with van der Waals surface area (Å²) in [5.74, 6) is 0.786. The Hall–Kier alpha value is -0.330. The van der Waals surface area contributed by atoms with Crippen LogP contribution in [0.15, 0.2) is 16.6 Å². The minimum atomic E-state index is 0.222. The van der Waals surface area contributed by atoms with Crippen LogP contribution in [0.5, 0.6) is 5.75 Å². The molecule has 0 bridgehead atoms.